The molecule has 15 heavy (non-hydrogen) atoms. The maximum atomic E-state index is 3.65. The fourth-order valence-electron chi connectivity index (χ4n) is 1.51. The summed E-state index contributed by atoms with van der Waals surface area (Å²) in [5.74, 6) is 0.656. The highest BCUT2D eigenvalue weighted by atomic mass is 14.8. The van der Waals surface area contributed by atoms with Crippen molar-refractivity contribution in [3.05, 3.63) is 54.9 Å². The van der Waals surface area contributed by atoms with Crippen molar-refractivity contribution >= 4 is 5.57 Å². The molecule has 0 heterocycles. The first-order chi connectivity index (χ1) is 7.24. The van der Waals surface area contributed by atoms with E-state index in [4.69, 9.17) is 0 Å². The van der Waals surface area contributed by atoms with Gasteiger partial charge in [-0.3, -0.25) is 0 Å². The Morgan fingerprint density at radius 2 is 2.00 bits per heavy atom. The molecular weight excluding hydrogens is 182 g/mol. The van der Waals surface area contributed by atoms with Gasteiger partial charge in [0.1, 0.15) is 0 Å². The lowest BCUT2D eigenvalue weighted by molar-refractivity contribution is 0.672. The molecule has 0 aliphatic carbocycles. The lowest BCUT2D eigenvalue weighted by Gasteiger charge is -2.10. The molecule has 0 radical (unpaired) electrons. The second kappa shape index (κ2) is 6.07. The first-order valence-electron chi connectivity index (χ1n) is 5.35. The largest absolute Gasteiger partial charge is 0.368 e. The third kappa shape index (κ3) is 4.03. The highest BCUT2D eigenvalue weighted by Crippen LogP contribution is 2.21. The van der Waals surface area contributed by atoms with Crippen molar-refractivity contribution in [1.29, 1.82) is 0 Å². The van der Waals surface area contributed by atoms with Crippen LogP contribution in [0.15, 0.2) is 49.3 Å². The van der Waals surface area contributed by atoms with E-state index in [1.165, 1.54) is 11.1 Å². The van der Waals surface area contributed by atoms with Gasteiger partial charge in [-0.05, 0) is 29.7 Å². The van der Waals surface area contributed by atoms with Gasteiger partial charge < -0.3 is 5.32 Å². The predicted molar refractivity (Wildman–Crippen MR) is 67.2 cm³/mol. The molecule has 1 aromatic rings. The topological polar surface area (TPSA) is 12.0 Å². The summed E-state index contributed by atoms with van der Waals surface area (Å²) in [6.07, 6.45) is 4.80. The van der Waals surface area contributed by atoms with E-state index in [9.17, 15) is 0 Å². The molecule has 0 fully saturated rings. The Balaban J connectivity index is 2.86. The summed E-state index contributed by atoms with van der Waals surface area (Å²) in [6.45, 7) is 8.10. The summed E-state index contributed by atoms with van der Waals surface area (Å²) < 4.78 is 0. The maximum absolute atomic E-state index is 3.65. The van der Waals surface area contributed by atoms with Gasteiger partial charge in [0.15, 0.2) is 0 Å². The van der Waals surface area contributed by atoms with E-state index in [1.807, 2.05) is 12.3 Å². The first kappa shape index (κ1) is 11.6. The van der Waals surface area contributed by atoms with E-state index in [0.717, 1.165) is 6.42 Å². The van der Waals surface area contributed by atoms with Crippen molar-refractivity contribution < 1.29 is 0 Å². The standard InChI is InChI=1S/C14H19N/c1-4-15-11-14(10-12(2)3)13-8-6-5-7-9-13/h4-9,11-12,15H,1,10H2,2-3H3/b14-11+. The molecule has 0 aliphatic rings. The molecule has 0 bridgehead atoms. The minimum absolute atomic E-state index is 0.656. The number of rotatable bonds is 5. The normalized spacial score (nSPS) is 11.5. The molecule has 0 aliphatic heterocycles. The van der Waals surface area contributed by atoms with Gasteiger partial charge in [0.2, 0.25) is 0 Å². The molecule has 0 saturated carbocycles. The Morgan fingerprint density at radius 3 is 2.53 bits per heavy atom. The van der Waals surface area contributed by atoms with Crippen molar-refractivity contribution in [2.45, 2.75) is 20.3 Å². The van der Waals surface area contributed by atoms with Crippen LogP contribution in [0.4, 0.5) is 0 Å². The summed E-state index contributed by atoms with van der Waals surface area (Å²) in [5.41, 5.74) is 2.60. The van der Waals surface area contributed by atoms with Gasteiger partial charge in [-0.1, -0.05) is 50.8 Å². The molecule has 1 aromatic carbocycles. The van der Waals surface area contributed by atoms with E-state index < -0.39 is 0 Å². The highest BCUT2D eigenvalue weighted by molar-refractivity contribution is 5.65. The van der Waals surface area contributed by atoms with Crippen LogP contribution >= 0.6 is 0 Å². The van der Waals surface area contributed by atoms with E-state index >= 15 is 0 Å². The molecule has 0 saturated heterocycles. The number of hydrogen-bond acceptors (Lipinski definition) is 1. The molecule has 80 valence electrons. The molecule has 0 spiro atoms. The number of hydrogen-bond donors (Lipinski definition) is 1. The maximum Gasteiger partial charge on any atom is 0.00426 e. The summed E-state index contributed by atoms with van der Waals surface area (Å²) in [5, 5.41) is 3.05. The Labute approximate surface area is 92.5 Å². The van der Waals surface area contributed by atoms with Crippen molar-refractivity contribution in [1.82, 2.24) is 5.32 Å². The van der Waals surface area contributed by atoms with Crippen LogP contribution in [0, 0.1) is 5.92 Å². The van der Waals surface area contributed by atoms with Gasteiger partial charge in [-0.15, -0.1) is 0 Å². The summed E-state index contributed by atoms with van der Waals surface area (Å²) in [7, 11) is 0. The Morgan fingerprint density at radius 1 is 1.33 bits per heavy atom. The summed E-state index contributed by atoms with van der Waals surface area (Å²) in [6, 6.07) is 10.4. The predicted octanol–water partition coefficient (Wildman–Crippen LogP) is 3.81. The summed E-state index contributed by atoms with van der Waals surface area (Å²) in [4.78, 5) is 0. The Bertz CT molecular complexity index is 322. The summed E-state index contributed by atoms with van der Waals surface area (Å²) >= 11 is 0. The molecule has 0 unspecified atom stereocenters. The van der Waals surface area contributed by atoms with Crippen LogP contribution in [0.1, 0.15) is 25.8 Å². The molecule has 1 heteroatoms. The zero-order valence-corrected chi connectivity index (χ0v) is 9.53. The average Bonchev–Trinajstić information content (AvgIpc) is 2.25. The van der Waals surface area contributed by atoms with Crippen LogP contribution < -0.4 is 5.32 Å². The quantitative estimate of drug-likeness (QED) is 0.764. The average molecular weight is 201 g/mol. The lowest BCUT2D eigenvalue weighted by atomic mass is 9.97. The first-order valence-corrected chi connectivity index (χ1v) is 5.35. The van der Waals surface area contributed by atoms with Gasteiger partial charge in [0, 0.05) is 6.20 Å². The zero-order valence-electron chi connectivity index (χ0n) is 9.53. The Kier molecular flexibility index (Phi) is 4.69. The lowest BCUT2D eigenvalue weighted by Crippen LogP contribution is -1.98. The highest BCUT2D eigenvalue weighted by Gasteiger charge is 2.03. The molecule has 0 aromatic heterocycles. The van der Waals surface area contributed by atoms with E-state index in [1.54, 1.807) is 6.20 Å². The SMILES string of the molecule is C=CN/C=C(\CC(C)C)c1ccccc1. The van der Waals surface area contributed by atoms with Gasteiger partial charge in [0.25, 0.3) is 0 Å². The third-order valence-electron chi connectivity index (χ3n) is 2.15. The second-order valence-electron chi connectivity index (χ2n) is 4.00. The van der Waals surface area contributed by atoms with Crippen molar-refractivity contribution in [3.8, 4) is 0 Å². The van der Waals surface area contributed by atoms with Crippen molar-refractivity contribution in [3.63, 3.8) is 0 Å². The van der Waals surface area contributed by atoms with Crippen LogP contribution in [0.2, 0.25) is 0 Å². The molecule has 0 atom stereocenters. The molecule has 1 N–H and O–H groups in total. The van der Waals surface area contributed by atoms with E-state index in [-0.39, 0.29) is 0 Å². The minimum Gasteiger partial charge on any atom is -0.368 e. The number of nitrogens with one attached hydrogen (secondary N) is 1. The molecule has 1 rings (SSSR count). The second-order valence-corrected chi connectivity index (χ2v) is 4.00. The fraction of sp³-hybridized carbons (Fsp3) is 0.286. The van der Waals surface area contributed by atoms with E-state index in [2.05, 4.69) is 50.0 Å². The van der Waals surface area contributed by atoms with Crippen molar-refractivity contribution in [2.24, 2.45) is 5.92 Å². The molecular formula is C14H19N. The smallest absolute Gasteiger partial charge is 0.00426 e. The number of allylic oxidation sites excluding steroid dienone is 1. The number of benzene rings is 1. The van der Waals surface area contributed by atoms with Crippen molar-refractivity contribution in [2.75, 3.05) is 0 Å². The van der Waals surface area contributed by atoms with Gasteiger partial charge in [0.05, 0.1) is 0 Å². The van der Waals surface area contributed by atoms with Gasteiger partial charge >= 0.3 is 0 Å². The van der Waals surface area contributed by atoms with Gasteiger partial charge in [-0.2, -0.15) is 0 Å². The van der Waals surface area contributed by atoms with Crippen LogP contribution in [-0.2, 0) is 0 Å². The molecule has 1 nitrogen and oxygen atoms in total. The van der Waals surface area contributed by atoms with Crippen LogP contribution in [-0.4, -0.2) is 0 Å². The van der Waals surface area contributed by atoms with Crippen LogP contribution in [0.25, 0.3) is 5.57 Å². The van der Waals surface area contributed by atoms with Crippen LogP contribution in [0.3, 0.4) is 0 Å². The Hall–Kier alpha value is -1.50. The minimum atomic E-state index is 0.656. The molecule has 0 amide bonds. The third-order valence-corrected chi connectivity index (χ3v) is 2.15. The fourth-order valence-corrected chi connectivity index (χ4v) is 1.51. The van der Waals surface area contributed by atoms with Gasteiger partial charge in [-0.25, -0.2) is 0 Å². The van der Waals surface area contributed by atoms with E-state index in [0.29, 0.717) is 5.92 Å². The monoisotopic (exact) mass is 201 g/mol. The van der Waals surface area contributed by atoms with Crippen LogP contribution in [0.5, 0.6) is 0 Å². The zero-order chi connectivity index (χ0) is 11.1.